The zero-order valence-electron chi connectivity index (χ0n) is 17.4. The predicted molar refractivity (Wildman–Crippen MR) is 107 cm³/mol. The molecule has 0 saturated heterocycles. The fourth-order valence-electron chi connectivity index (χ4n) is 4.59. The summed E-state index contributed by atoms with van der Waals surface area (Å²) in [6.45, 7) is 3.97. The van der Waals surface area contributed by atoms with Crippen LogP contribution in [0.1, 0.15) is 43.1 Å². The molecule has 0 aliphatic carbocycles. The van der Waals surface area contributed by atoms with Crippen LogP contribution < -0.4 is 9.64 Å². The first-order valence-corrected chi connectivity index (χ1v) is 9.93. The zero-order chi connectivity index (χ0) is 22.8. The number of halogens is 4. The van der Waals surface area contributed by atoms with Crippen LogP contribution in [0.25, 0.3) is 0 Å². The quantitative estimate of drug-likeness (QED) is 0.695. The number of para-hydroxylation sites is 1. The average molecular weight is 437 g/mol. The fraction of sp³-hybridized carbons (Fsp3) is 0.435. The fourth-order valence-corrected chi connectivity index (χ4v) is 4.59. The summed E-state index contributed by atoms with van der Waals surface area (Å²) >= 11 is 0. The molecular formula is C23H23F4NO3. The molecule has 4 nitrogen and oxygen atoms in total. The Labute approximate surface area is 177 Å². The SMILES string of the molecule is CC1(C)CN(CC(O)(CC2(C)Oc3ccc(F)cc32)C(F)(F)F)c2ccccc2C1=O. The van der Waals surface area contributed by atoms with Gasteiger partial charge in [0.25, 0.3) is 0 Å². The van der Waals surface area contributed by atoms with Crippen LogP contribution in [0.4, 0.5) is 23.2 Å². The van der Waals surface area contributed by atoms with Gasteiger partial charge in [0, 0.05) is 35.2 Å². The van der Waals surface area contributed by atoms with E-state index in [4.69, 9.17) is 4.74 Å². The molecule has 2 aliphatic heterocycles. The number of fused-ring (bicyclic) bond motifs is 2. The molecular weight excluding hydrogens is 414 g/mol. The summed E-state index contributed by atoms with van der Waals surface area (Å²) < 4.78 is 61.7. The molecule has 0 aromatic heterocycles. The van der Waals surface area contributed by atoms with E-state index in [1.54, 1.807) is 38.1 Å². The highest BCUT2D eigenvalue weighted by Crippen LogP contribution is 2.51. The lowest BCUT2D eigenvalue weighted by molar-refractivity contribution is -0.272. The van der Waals surface area contributed by atoms with Crippen molar-refractivity contribution in [3.05, 3.63) is 59.4 Å². The first-order chi connectivity index (χ1) is 14.3. The number of benzene rings is 2. The molecule has 2 aromatic rings. The number of nitrogens with zero attached hydrogens (tertiary/aromatic N) is 1. The third-order valence-electron chi connectivity index (χ3n) is 6.15. The van der Waals surface area contributed by atoms with E-state index >= 15 is 0 Å². The lowest BCUT2D eigenvalue weighted by Gasteiger charge is -2.48. The second-order valence-corrected chi connectivity index (χ2v) is 9.27. The first kappa shape index (κ1) is 21.6. The van der Waals surface area contributed by atoms with Gasteiger partial charge in [-0.1, -0.05) is 26.0 Å². The van der Waals surface area contributed by atoms with Gasteiger partial charge in [0.1, 0.15) is 17.2 Å². The summed E-state index contributed by atoms with van der Waals surface area (Å²) in [4.78, 5) is 14.1. The molecule has 0 bridgehead atoms. The van der Waals surface area contributed by atoms with E-state index < -0.39 is 41.6 Å². The molecule has 1 N–H and O–H groups in total. The number of aliphatic hydroxyl groups is 1. The molecule has 0 spiro atoms. The Bertz CT molecular complexity index is 1050. The summed E-state index contributed by atoms with van der Waals surface area (Å²) in [7, 11) is 0. The highest BCUT2D eigenvalue weighted by atomic mass is 19.4. The van der Waals surface area contributed by atoms with Crippen molar-refractivity contribution in [2.24, 2.45) is 5.41 Å². The van der Waals surface area contributed by atoms with E-state index in [0.29, 0.717) is 17.0 Å². The molecule has 2 aliphatic rings. The van der Waals surface area contributed by atoms with E-state index in [9.17, 15) is 27.5 Å². The Morgan fingerprint density at radius 1 is 1.13 bits per heavy atom. The molecule has 8 heteroatoms. The van der Waals surface area contributed by atoms with Crippen LogP contribution >= 0.6 is 0 Å². The topological polar surface area (TPSA) is 49.8 Å². The predicted octanol–water partition coefficient (Wildman–Crippen LogP) is 4.85. The monoisotopic (exact) mass is 437 g/mol. The third-order valence-corrected chi connectivity index (χ3v) is 6.15. The zero-order valence-corrected chi connectivity index (χ0v) is 17.4. The van der Waals surface area contributed by atoms with Gasteiger partial charge in [-0.2, -0.15) is 13.2 Å². The Morgan fingerprint density at radius 2 is 1.81 bits per heavy atom. The number of ketones is 1. The number of carbonyl (C=O) groups is 1. The summed E-state index contributed by atoms with van der Waals surface area (Å²) in [5, 5.41) is 10.9. The standard InChI is InChI=1S/C23H23F4NO3/c1-20(2)12-28(17-7-5-4-6-15(17)19(20)29)13-22(30,23(25,26)27)11-21(3)16-10-14(24)8-9-18(16)31-21/h4-10,30H,11-13H2,1-3H3. The molecule has 2 unspecified atom stereocenters. The Morgan fingerprint density at radius 3 is 2.48 bits per heavy atom. The maximum atomic E-state index is 14.2. The van der Waals surface area contributed by atoms with E-state index in [1.165, 1.54) is 17.9 Å². The Balaban J connectivity index is 1.70. The van der Waals surface area contributed by atoms with Crippen molar-refractivity contribution in [2.45, 2.75) is 44.6 Å². The number of ether oxygens (including phenoxy) is 1. The van der Waals surface area contributed by atoms with Crippen molar-refractivity contribution in [1.29, 1.82) is 0 Å². The van der Waals surface area contributed by atoms with Gasteiger partial charge in [0.05, 0.1) is 6.54 Å². The van der Waals surface area contributed by atoms with Crippen molar-refractivity contribution in [3.8, 4) is 5.75 Å². The lowest BCUT2D eigenvalue weighted by atomic mass is 9.76. The van der Waals surface area contributed by atoms with Crippen LogP contribution in [0, 0.1) is 11.2 Å². The summed E-state index contributed by atoms with van der Waals surface area (Å²) in [6, 6.07) is 10.1. The number of alkyl halides is 3. The van der Waals surface area contributed by atoms with E-state index in [0.717, 1.165) is 12.1 Å². The van der Waals surface area contributed by atoms with Crippen LogP contribution in [-0.2, 0) is 5.60 Å². The van der Waals surface area contributed by atoms with E-state index in [1.807, 2.05) is 0 Å². The van der Waals surface area contributed by atoms with Gasteiger partial charge in [-0.15, -0.1) is 0 Å². The second kappa shape index (κ2) is 6.69. The Kier molecular flexibility index (Phi) is 4.67. The van der Waals surface area contributed by atoms with E-state index in [-0.39, 0.29) is 17.9 Å². The van der Waals surface area contributed by atoms with Gasteiger partial charge in [-0.05, 0) is 37.3 Å². The number of Topliss-reactive ketones (excluding diaryl/α,β-unsaturated/α-hetero) is 1. The molecule has 0 amide bonds. The van der Waals surface area contributed by atoms with Gasteiger partial charge >= 0.3 is 6.18 Å². The van der Waals surface area contributed by atoms with Gasteiger partial charge in [0.2, 0.25) is 0 Å². The molecule has 2 aromatic carbocycles. The van der Waals surface area contributed by atoms with Gasteiger partial charge in [-0.3, -0.25) is 4.79 Å². The molecule has 0 saturated carbocycles. The number of β-amino-alcohol motifs (C(OH)–C–C–N with tert-alkyl or cyclic N) is 1. The Hall–Kier alpha value is -2.61. The molecule has 2 heterocycles. The molecule has 166 valence electrons. The number of hydrogen-bond acceptors (Lipinski definition) is 4. The molecule has 0 radical (unpaired) electrons. The number of anilines is 1. The highest BCUT2D eigenvalue weighted by Gasteiger charge is 2.61. The van der Waals surface area contributed by atoms with Crippen LogP contribution in [0.5, 0.6) is 5.75 Å². The number of hydrogen-bond donors (Lipinski definition) is 1. The average Bonchev–Trinajstić information content (AvgIpc) is 2.66. The van der Waals surface area contributed by atoms with Crippen molar-refractivity contribution < 1.29 is 32.2 Å². The number of rotatable bonds is 4. The van der Waals surface area contributed by atoms with Crippen LogP contribution in [-0.4, -0.2) is 35.8 Å². The van der Waals surface area contributed by atoms with E-state index in [2.05, 4.69) is 0 Å². The molecule has 0 fully saturated rings. The van der Waals surface area contributed by atoms with Crippen molar-refractivity contribution in [2.75, 3.05) is 18.0 Å². The van der Waals surface area contributed by atoms with Crippen LogP contribution in [0.15, 0.2) is 42.5 Å². The maximum Gasteiger partial charge on any atom is 0.419 e. The van der Waals surface area contributed by atoms with Crippen LogP contribution in [0.3, 0.4) is 0 Å². The van der Waals surface area contributed by atoms with Crippen molar-refractivity contribution in [1.82, 2.24) is 0 Å². The maximum absolute atomic E-state index is 14.2. The van der Waals surface area contributed by atoms with Crippen molar-refractivity contribution in [3.63, 3.8) is 0 Å². The second-order valence-electron chi connectivity index (χ2n) is 9.27. The summed E-state index contributed by atoms with van der Waals surface area (Å²) in [5.74, 6) is -0.453. The number of carbonyl (C=O) groups excluding carboxylic acids is 1. The van der Waals surface area contributed by atoms with Gasteiger partial charge in [0.15, 0.2) is 11.4 Å². The normalized spacial score (nSPS) is 23.9. The van der Waals surface area contributed by atoms with Crippen LogP contribution in [0.2, 0.25) is 0 Å². The molecule has 4 rings (SSSR count). The van der Waals surface area contributed by atoms with Gasteiger partial charge < -0.3 is 14.7 Å². The minimum absolute atomic E-state index is 0.0179. The minimum atomic E-state index is -4.98. The van der Waals surface area contributed by atoms with Gasteiger partial charge in [-0.25, -0.2) is 4.39 Å². The first-order valence-electron chi connectivity index (χ1n) is 9.93. The summed E-state index contributed by atoms with van der Waals surface area (Å²) in [5.41, 5.74) is -4.63. The largest absolute Gasteiger partial charge is 0.482 e. The minimum Gasteiger partial charge on any atom is -0.482 e. The molecule has 31 heavy (non-hydrogen) atoms. The molecule has 2 atom stereocenters. The third kappa shape index (κ3) is 3.46. The highest BCUT2D eigenvalue weighted by molar-refractivity contribution is 6.06. The van der Waals surface area contributed by atoms with Crippen molar-refractivity contribution >= 4 is 11.5 Å². The lowest BCUT2D eigenvalue weighted by Crippen LogP contribution is -2.60. The summed E-state index contributed by atoms with van der Waals surface area (Å²) in [6.07, 6.45) is -5.80. The smallest absolute Gasteiger partial charge is 0.419 e.